The molecule has 0 radical (unpaired) electrons. The van der Waals surface area contributed by atoms with Crippen LogP contribution < -0.4 is 0 Å². The first-order chi connectivity index (χ1) is 9.22. The quantitative estimate of drug-likeness (QED) is 0.836. The van der Waals surface area contributed by atoms with Crippen LogP contribution in [0.15, 0.2) is 0 Å². The summed E-state index contributed by atoms with van der Waals surface area (Å²) in [7, 11) is 0. The highest BCUT2D eigenvalue weighted by Gasteiger charge is 2.48. The maximum absolute atomic E-state index is 12.3. The summed E-state index contributed by atoms with van der Waals surface area (Å²) in [5, 5.41) is 8.71. The molecule has 1 unspecified atom stereocenters. The first kappa shape index (κ1) is 15.1. The normalized spacial score (nSPS) is 25.9. The second-order valence-corrected chi connectivity index (χ2v) is 5.52. The van der Waals surface area contributed by atoms with Crippen LogP contribution in [0.5, 0.6) is 0 Å². The lowest BCUT2D eigenvalue weighted by molar-refractivity contribution is -0.187. The SMILES string of the molecule is O=C(O)CC1CC2(CCN(C(=O)C(F)(F)F)CC2)CO1. The van der Waals surface area contributed by atoms with Crippen molar-refractivity contribution in [1.82, 2.24) is 4.90 Å². The second-order valence-electron chi connectivity index (χ2n) is 5.52. The Labute approximate surface area is 113 Å². The Morgan fingerprint density at radius 1 is 1.30 bits per heavy atom. The van der Waals surface area contributed by atoms with E-state index in [2.05, 4.69) is 0 Å². The van der Waals surface area contributed by atoms with Crippen molar-refractivity contribution in [3.05, 3.63) is 0 Å². The third-order valence-corrected chi connectivity index (χ3v) is 4.04. The minimum absolute atomic E-state index is 0.0431. The van der Waals surface area contributed by atoms with Crippen molar-refractivity contribution in [2.24, 2.45) is 5.41 Å². The van der Waals surface area contributed by atoms with Gasteiger partial charge >= 0.3 is 18.1 Å². The lowest BCUT2D eigenvalue weighted by Crippen LogP contribution is -2.48. The summed E-state index contributed by atoms with van der Waals surface area (Å²) in [5.41, 5.74) is -0.275. The fraction of sp³-hybridized carbons (Fsp3) is 0.833. The van der Waals surface area contributed by atoms with Gasteiger partial charge in [0.2, 0.25) is 0 Å². The Bertz CT molecular complexity index is 402. The van der Waals surface area contributed by atoms with Crippen LogP contribution >= 0.6 is 0 Å². The number of hydrogen-bond acceptors (Lipinski definition) is 3. The fourth-order valence-electron chi connectivity index (χ4n) is 2.93. The van der Waals surface area contributed by atoms with Crippen LogP contribution in [0.1, 0.15) is 25.7 Å². The molecule has 0 saturated carbocycles. The molecular formula is C12H16F3NO4. The van der Waals surface area contributed by atoms with Gasteiger partial charge in [0.1, 0.15) is 0 Å². The Hall–Kier alpha value is -1.31. The summed E-state index contributed by atoms with van der Waals surface area (Å²) in [6, 6.07) is 0. The number of alkyl halides is 3. The molecule has 2 heterocycles. The van der Waals surface area contributed by atoms with Gasteiger partial charge in [-0.25, -0.2) is 0 Å². The Morgan fingerprint density at radius 3 is 2.40 bits per heavy atom. The molecule has 8 heteroatoms. The van der Waals surface area contributed by atoms with Gasteiger partial charge in [-0.2, -0.15) is 13.2 Å². The molecule has 114 valence electrons. The zero-order valence-electron chi connectivity index (χ0n) is 10.8. The maximum atomic E-state index is 12.3. The van der Waals surface area contributed by atoms with Crippen molar-refractivity contribution in [1.29, 1.82) is 0 Å². The number of aliphatic carboxylic acids is 1. The molecule has 20 heavy (non-hydrogen) atoms. The largest absolute Gasteiger partial charge is 0.481 e. The van der Waals surface area contributed by atoms with E-state index in [0.29, 0.717) is 25.9 Å². The number of carbonyl (C=O) groups excluding carboxylic acids is 1. The lowest BCUT2D eigenvalue weighted by Gasteiger charge is -2.38. The average Bonchev–Trinajstić information content (AvgIpc) is 2.70. The van der Waals surface area contributed by atoms with Crippen LogP contribution in [-0.2, 0) is 14.3 Å². The van der Waals surface area contributed by atoms with Crippen molar-refractivity contribution in [3.8, 4) is 0 Å². The van der Waals surface area contributed by atoms with Crippen LogP contribution in [0, 0.1) is 5.41 Å². The van der Waals surface area contributed by atoms with Crippen molar-refractivity contribution in [2.45, 2.75) is 38.0 Å². The predicted octanol–water partition coefficient (Wildman–Crippen LogP) is 1.42. The van der Waals surface area contributed by atoms with Gasteiger partial charge in [-0.05, 0) is 24.7 Å². The molecule has 0 aliphatic carbocycles. The molecule has 2 saturated heterocycles. The Morgan fingerprint density at radius 2 is 1.90 bits per heavy atom. The molecule has 2 aliphatic rings. The highest BCUT2D eigenvalue weighted by Crippen LogP contribution is 2.43. The van der Waals surface area contributed by atoms with Crippen LogP contribution in [0.25, 0.3) is 0 Å². The summed E-state index contributed by atoms with van der Waals surface area (Å²) in [6.45, 7) is 0.446. The van der Waals surface area contributed by atoms with Gasteiger partial charge in [-0.1, -0.05) is 0 Å². The molecule has 0 aromatic carbocycles. The zero-order valence-corrected chi connectivity index (χ0v) is 10.8. The van der Waals surface area contributed by atoms with E-state index in [1.807, 2.05) is 0 Å². The maximum Gasteiger partial charge on any atom is 0.471 e. The number of amides is 1. The zero-order chi connectivity index (χ0) is 15.0. The summed E-state index contributed by atoms with van der Waals surface area (Å²) >= 11 is 0. The number of rotatable bonds is 2. The van der Waals surface area contributed by atoms with Crippen molar-refractivity contribution in [2.75, 3.05) is 19.7 Å². The predicted molar refractivity (Wildman–Crippen MR) is 60.9 cm³/mol. The summed E-state index contributed by atoms with van der Waals surface area (Å²) in [5.74, 6) is -2.75. The average molecular weight is 295 g/mol. The van der Waals surface area contributed by atoms with E-state index in [4.69, 9.17) is 9.84 Å². The number of halogens is 3. The number of carboxylic acids is 1. The van der Waals surface area contributed by atoms with E-state index in [9.17, 15) is 22.8 Å². The van der Waals surface area contributed by atoms with Crippen LogP contribution in [0.4, 0.5) is 13.2 Å². The minimum Gasteiger partial charge on any atom is -0.481 e. The third kappa shape index (κ3) is 3.23. The van der Waals surface area contributed by atoms with E-state index in [0.717, 1.165) is 4.90 Å². The Kier molecular flexibility index (Phi) is 3.95. The molecule has 0 bridgehead atoms. The number of piperidine rings is 1. The van der Waals surface area contributed by atoms with Gasteiger partial charge in [-0.15, -0.1) is 0 Å². The van der Waals surface area contributed by atoms with E-state index in [-0.39, 0.29) is 31.0 Å². The molecule has 0 aromatic heterocycles. The third-order valence-electron chi connectivity index (χ3n) is 4.04. The van der Waals surface area contributed by atoms with Crippen molar-refractivity contribution in [3.63, 3.8) is 0 Å². The highest BCUT2D eigenvalue weighted by atomic mass is 19.4. The van der Waals surface area contributed by atoms with E-state index in [1.54, 1.807) is 0 Å². The lowest BCUT2D eigenvalue weighted by atomic mass is 9.76. The van der Waals surface area contributed by atoms with Crippen LogP contribution in [0.3, 0.4) is 0 Å². The smallest absolute Gasteiger partial charge is 0.471 e. The molecule has 2 rings (SSSR count). The number of carbonyl (C=O) groups is 2. The molecule has 2 aliphatic heterocycles. The molecular weight excluding hydrogens is 279 g/mol. The number of hydrogen-bond donors (Lipinski definition) is 1. The number of likely N-dealkylation sites (tertiary alicyclic amines) is 1. The first-order valence-corrected chi connectivity index (χ1v) is 6.41. The van der Waals surface area contributed by atoms with Crippen LogP contribution in [-0.4, -0.2) is 53.9 Å². The highest BCUT2D eigenvalue weighted by molar-refractivity contribution is 5.81. The molecule has 0 aromatic rings. The Balaban J connectivity index is 1.89. The summed E-state index contributed by atoms with van der Waals surface area (Å²) in [6.07, 6.45) is -3.92. The molecule has 1 N–H and O–H groups in total. The first-order valence-electron chi connectivity index (χ1n) is 6.41. The number of ether oxygens (including phenoxy) is 1. The van der Waals surface area contributed by atoms with Crippen molar-refractivity contribution < 1.29 is 32.6 Å². The fourth-order valence-corrected chi connectivity index (χ4v) is 2.93. The molecule has 5 nitrogen and oxygen atoms in total. The van der Waals surface area contributed by atoms with Gasteiger partial charge in [0.25, 0.3) is 0 Å². The standard InChI is InChI=1S/C12H16F3NO4/c13-12(14,15)10(19)16-3-1-11(2-4-16)6-8(20-7-11)5-9(17)18/h8H,1-7H2,(H,17,18). The van der Waals surface area contributed by atoms with Crippen molar-refractivity contribution >= 4 is 11.9 Å². The minimum atomic E-state index is -4.83. The second kappa shape index (κ2) is 5.23. The molecule has 1 atom stereocenters. The van der Waals surface area contributed by atoms with E-state index >= 15 is 0 Å². The molecule has 2 fully saturated rings. The van der Waals surface area contributed by atoms with Gasteiger partial charge in [0, 0.05) is 13.1 Å². The van der Waals surface area contributed by atoms with Gasteiger partial charge < -0.3 is 14.7 Å². The van der Waals surface area contributed by atoms with E-state index in [1.165, 1.54) is 0 Å². The topological polar surface area (TPSA) is 66.8 Å². The molecule has 1 amide bonds. The van der Waals surface area contributed by atoms with Gasteiger partial charge in [0.05, 0.1) is 19.1 Å². The van der Waals surface area contributed by atoms with E-state index < -0.39 is 18.1 Å². The van der Waals surface area contributed by atoms with Gasteiger partial charge in [-0.3, -0.25) is 9.59 Å². The summed E-state index contributed by atoms with van der Waals surface area (Å²) in [4.78, 5) is 22.6. The summed E-state index contributed by atoms with van der Waals surface area (Å²) < 4.78 is 42.4. The van der Waals surface area contributed by atoms with Gasteiger partial charge in [0.15, 0.2) is 0 Å². The monoisotopic (exact) mass is 295 g/mol. The molecule has 1 spiro atoms. The number of nitrogens with zero attached hydrogens (tertiary/aromatic N) is 1. The van der Waals surface area contributed by atoms with Crippen LogP contribution in [0.2, 0.25) is 0 Å². The number of carboxylic acid groups (broad SMARTS) is 1.